The molecular formula is C30H33ClFN5O5. The highest BCUT2D eigenvalue weighted by Crippen LogP contribution is 2.49. The van der Waals surface area contributed by atoms with Gasteiger partial charge in [0.15, 0.2) is 5.75 Å². The van der Waals surface area contributed by atoms with E-state index in [1.165, 1.54) is 24.3 Å². The highest BCUT2D eigenvalue weighted by Gasteiger charge is 2.37. The van der Waals surface area contributed by atoms with E-state index in [0.29, 0.717) is 49.6 Å². The third-order valence-corrected chi connectivity index (χ3v) is 8.71. The fourth-order valence-electron chi connectivity index (χ4n) is 6.33. The van der Waals surface area contributed by atoms with Crippen molar-refractivity contribution in [2.75, 3.05) is 57.4 Å². The van der Waals surface area contributed by atoms with Gasteiger partial charge in [-0.15, -0.1) is 0 Å². The second kappa shape index (κ2) is 11.2. The Morgan fingerprint density at radius 3 is 2.69 bits per heavy atom. The molecule has 3 atom stereocenters. The van der Waals surface area contributed by atoms with Crippen LogP contribution in [0.4, 0.5) is 10.2 Å². The number of aromatic nitrogens is 2. The van der Waals surface area contributed by atoms with Crippen molar-refractivity contribution in [3.8, 4) is 22.6 Å². The number of carbonyl (C=O) groups excluding carboxylic acids is 1. The number of amides is 1. The second-order valence-corrected chi connectivity index (χ2v) is 11.5. The zero-order valence-electron chi connectivity index (χ0n) is 23.6. The maximum Gasteiger partial charge on any atom is 0.350 e. The lowest BCUT2D eigenvalue weighted by Crippen LogP contribution is -2.58. The van der Waals surface area contributed by atoms with E-state index in [1.807, 2.05) is 18.7 Å². The van der Waals surface area contributed by atoms with Gasteiger partial charge in [0.2, 0.25) is 5.91 Å². The van der Waals surface area contributed by atoms with Crippen LogP contribution in [0.5, 0.6) is 11.5 Å². The number of rotatable bonds is 5. The molecule has 1 N–H and O–H groups in total. The van der Waals surface area contributed by atoms with E-state index in [1.54, 1.807) is 15.5 Å². The van der Waals surface area contributed by atoms with Crippen LogP contribution in [0, 0.1) is 5.82 Å². The fourth-order valence-corrected chi connectivity index (χ4v) is 6.62. The Bertz CT molecular complexity index is 1600. The molecule has 3 aliphatic heterocycles. The van der Waals surface area contributed by atoms with Gasteiger partial charge in [-0.25, -0.2) is 9.18 Å². The summed E-state index contributed by atoms with van der Waals surface area (Å²) in [7, 11) is 0. The number of hydrogen-bond acceptors (Lipinski definition) is 8. The number of hydrogen-bond donors (Lipinski definition) is 1. The van der Waals surface area contributed by atoms with E-state index in [0.717, 1.165) is 13.1 Å². The molecule has 2 aromatic carbocycles. The van der Waals surface area contributed by atoms with Crippen LogP contribution in [0.25, 0.3) is 22.0 Å². The van der Waals surface area contributed by atoms with E-state index in [4.69, 9.17) is 21.1 Å². The molecule has 0 unspecified atom stereocenters. The van der Waals surface area contributed by atoms with Crippen LogP contribution >= 0.6 is 11.6 Å². The van der Waals surface area contributed by atoms with Crippen LogP contribution < -0.4 is 15.3 Å². The fraction of sp³-hybridized carbons (Fsp3) is 0.433. The number of nitrogens with zero attached hydrogens (tertiary/aromatic N) is 5. The number of aromatic hydroxyl groups is 1. The lowest BCUT2D eigenvalue weighted by atomic mass is 9.98. The summed E-state index contributed by atoms with van der Waals surface area (Å²) >= 11 is 6.86. The molecule has 4 heterocycles. The lowest BCUT2D eigenvalue weighted by Gasteiger charge is -2.45. The number of phenolic OH excluding ortho intramolecular Hbond substituents is 1. The van der Waals surface area contributed by atoms with E-state index >= 15 is 4.39 Å². The quantitative estimate of drug-likeness (QED) is 0.447. The molecule has 222 valence electrons. The van der Waals surface area contributed by atoms with Gasteiger partial charge >= 0.3 is 5.69 Å². The van der Waals surface area contributed by atoms with E-state index in [2.05, 4.69) is 16.5 Å². The molecule has 0 aliphatic carbocycles. The number of piperazine rings is 1. The second-order valence-electron chi connectivity index (χ2n) is 11.1. The van der Waals surface area contributed by atoms with E-state index in [9.17, 15) is 14.7 Å². The summed E-state index contributed by atoms with van der Waals surface area (Å²) in [5, 5.41) is 11.4. The van der Waals surface area contributed by atoms with Crippen LogP contribution in [-0.2, 0) is 9.53 Å². The number of carbonyl (C=O) groups is 1. The molecule has 0 saturated carbocycles. The Morgan fingerprint density at radius 2 is 1.98 bits per heavy atom. The van der Waals surface area contributed by atoms with E-state index < -0.39 is 11.5 Å². The minimum Gasteiger partial charge on any atom is -0.507 e. The number of benzene rings is 2. The number of morpholine rings is 1. The smallest absolute Gasteiger partial charge is 0.350 e. The third kappa shape index (κ3) is 4.79. The maximum absolute atomic E-state index is 15.2. The topological polar surface area (TPSA) is 100 Å². The van der Waals surface area contributed by atoms with Crippen LogP contribution in [0.1, 0.15) is 19.9 Å². The van der Waals surface area contributed by atoms with Crippen molar-refractivity contribution in [1.82, 2.24) is 19.4 Å². The first-order valence-corrected chi connectivity index (χ1v) is 14.5. The molecule has 2 saturated heterocycles. The largest absolute Gasteiger partial charge is 0.507 e. The first kappa shape index (κ1) is 28.4. The molecule has 0 radical (unpaired) electrons. The highest BCUT2D eigenvalue weighted by atomic mass is 35.5. The van der Waals surface area contributed by atoms with E-state index in [-0.39, 0.29) is 58.3 Å². The molecule has 0 bridgehead atoms. The number of ether oxygens (including phenoxy) is 2. The van der Waals surface area contributed by atoms with Crippen molar-refractivity contribution in [3.63, 3.8) is 0 Å². The molecule has 12 heteroatoms. The lowest BCUT2D eigenvalue weighted by molar-refractivity contribution is -0.128. The minimum atomic E-state index is -0.667. The van der Waals surface area contributed by atoms with Crippen LogP contribution in [0.3, 0.4) is 0 Å². The predicted octanol–water partition coefficient (Wildman–Crippen LogP) is 3.44. The minimum absolute atomic E-state index is 0.0954. The number of phenols is 1. The summed E-state index contributed by atoms with van der Waals surface area (Å²) in [6.07, 6.45) is 1.30. The Balaban J connectivity index is 1.56. The van der Waals surface area contributed by atoms with Gasteiger partial charge in [0.25, 0.3) is 0 Å². The summed E-state index contributed by atoms with van der Waals surface area (Å²) in [6.45, 7) is 11.7. The number of anilines is 1. The van der Waals surface area contributed by atoms with Crippen molar-refractivity contribution in [3.05, 3.63) is 58.2 Å². The Morgan fingerprint density at radius 1 is 1.21 bits per heavy atom. The average molecular weight is 598 g/mol. The molecular weight excluding hydrogens is 565 g/mol. The first-order valence-electron chi connectivity index (χ1n) is 14.1. The first-order chi connectivity index (χ1) is 20.2. The zero-order chi connectivity index (χ0) is 29.7. The van der Waals surface area contributed by atoms with Gasteiger partial charge < -0.3 is 24.4 Å². The van der Waals surface area contributed by atoms with Crippen molar-refractivity contribution in [2.45, 2.75) is 32.0 Å². The molecule has 42 heavy (non-hydrogen) atoms. The number of halogens is 2. The van der Waals surface area contributed by atoms with Gasteiger partial charge in [0.05, 0.1) is 40.9 Å². The van der Waals surface area contributed by atoms with Crippen molar-refractivity contribution in [1.29, 1.82) is 0 Å². The Hall–Kier alpha value is -3.67. The van der Waals surface area contributed by atoms with Gasteiger partial charge in [-0.2, -0.15) is 4.98 Å². The zero-order valence-corrected chi connectivity index (χ0v) is 24.3. The summed E-state index contributed by atoms with van der Waals surface area (Å²) in [4.78, 5) is 37.0. The van der Waals surface area contributed by atoms with Gasteiger partial charge in [-0.05, 0) is 38.1 Å². The SMILES string of the molecule is C=CC(=O)N1C[C@H](C)N(c2nc(=O)n3c4c(c(-c5c(O)cccc5F)c(Cl)cc24)OC[C@@H]3CN2CCOCC2)C[C@H]1C. The third-order valence-electron chi connectivity index (χ3n) is 8.41. The van der Waals surface area contributed by atoms with Crippen molar-refractivity contribution >= 4 is 34.2 Å². The molecule has 10 nitrogen and oxygen atoms in total. The Labute approximate surface area is 247 Å². The molecule has 3 aromatic rings. The molecule has 0 spiro atoms. The van der Waals surface area contributed by atoms with Crippen LogP contribution in [-0.4, -0.2) is 95.0 Å². The normalized spacial score (nSPS) is 22.7. The average Bonchev–Trinajstić information content (AvgIpc) is 2.97. The monoisotopic (exact) mass is 597 g/mol. The highest BCUT2D eigenvalue weighted by molar-refractivity contribution is 6.35. The predicted molar refractivity (Wildman–Crippen MR) is 158 cm³/mol. The van der Waals surface area contributed by atoms with Gasteiger partial charge in [-0.3, -0.25) is 14.3 Å². The molecule has 1 aromatic heterocycles. The van der Waals surface area contributed by atoms with Crippen molar-refractivity contribution in [2.24, 2.45) is 0 Å². The molecule has 2 fully saturated rings. The maximum atomic E-state index is 15.2. The molecule has 1 amide bonds. The van der Waals surface area contributed by atoms with Crippen LogP contribution in [0.15, 0.2) is 41.7 Å². The standard InChI is InChI=1S/C30H33ClFN5O5/c1-4-24(39)35-13-18(3)36(14-17(35)2)29-20-12-21(31)25(26-22(32)6-5-7-23(26)38)28-27(20)37(30(40)33-29)19(16-42-28)15-34-8-10-41-11-9-34/h4-7,12,17-19,38H,1,8-11,13-16H2,2-3H3/t17-,18+,19+/m1/s1. The molecule has 3 aliphatic rings. The van der Waals surface area contributed by atoms with Crippen molar-refractivity contribution < 1.29 is 23.8 Å². The summed E-state index contributed by atoms with van der Waals surface area (Å²) in [5.74, 6) is -0.478. The summed E-state index contributed by atoms with van der Waals surface area (Å²) in [5.41, 5.74) is 0.0661. The van der Waals surface area contributed by atoms with Gasteiger partial charge in [-0.1, -0.05) is 24.2 Å². The van der Waals surface area contributed by atoms with Crippen LogP contribution in [0.2, 0.25) is 5.02 Å². The molecule has 6 rings (SSSR count). The summed E-state index contributed by atoms with van der Waals surface area (Å²) < 4.78 is 28.7. The van der Waals surface area contributed by atoms with Gasteiger partial charge in [0, 0.05) is 50.2 Å². The Kier molecular flexibility index (Phi) is 7.59. The van der Waals surface area contributed by atoms with Gasteiger partial charge in [0.1, 0.15) is 24.0 Å². The summed E-state index contributed by atoms with van der Waals surface area (Å²) in [6, 6.07) is 4.98.